The summed E-state index contributed by atoms with van der Waals surface area (Å²) in [5.41, 5.74) is 0. The van der Waals surface area contributed by atoms with Gasteiger partial charge in [-0.25, -0.2) is 0 Å². The van der Waals surface area contributed by atoms with Crippen molar-refractivity contribution in [2.24, 2.45) is 0 Å². The van der Waals surface area contributed by atoms with Gasteiger partial charge in [0.2, 0.25) is 0 Å². The van der Waals surface area contributed by atoms with Crippen LogP contribution in [0, 0.1) is 0 Å². The minimum atomic E-state index is -0.300. The van der Waals surface area contributed by atoms with Crippen LogP contribution in [0.1, 0.15) is 20.8 Å². The average Bonchev–Trinajstić information content (AvgIpc) is 1.90. The predicted molar refractivity (Wildman–Crippen MR) is 49.7 cm³/mol. The summed E-state index contributed by atoms with van der Waals surface area (Å²) in [5, 5.41) is 0.685. The molecule has 0 rings (SSSR count). The van der Waals surface area contributed by atoms with E-state index in [1.54, 1.807) is 0 Å². The number of hydrogen-bond donors (Lipinski definition) is 0. The summed E-state index contributed by atoms with van der Waals surface area (Å²) < 4.78 is 2.54. The quantitative estimate of drug-likeness (QED) is 0.579. The maximum Gasteiger partial charge on any atom is 0.132 e. The van der Waals surface area contributed by atoms with E-state index >= 15 is 0 Å². The fraction of sp³-hybridized carbons (Fsp3) is 1.00. The molecule has 0 aromatic carbocycles. The Morgan fingerprint density at radius 2 is 1.80 bits per heavy atom. The largest absolute Gasteiger partial charge is 0.325 e. The smallest absolute Gasteiger partial charge is 0.132 e. The highest BCUT2D eigenvalue weighted by atomic mass is 28.3. The van der Waals surface area contributed by atoms with E-state index in [2.05, 4.69) is 42.1 Å². The lowest BCUT2D eigenvalue weighted by Crippen LogP contribution is -2.39. The molecule has 3 heteroatoms. The van der Waals surface area contributed by atoms with E-state index in [1.165, 1.54) is 13.1 Å². The normalized spacial score (nSPS) is 14.7. The van der Waals surface area contributed by atoms with Crippen LogP contribution in [0.15, 0.2) is 0 Å². The Kier molecular flexibility index (Phi) is 5.30. The third-order valence-electron chi connectivity index (χ3n) is 1.89. The maximum absolute atomic E-state index is 3.67. The second-order valence-electron chi connectivity index (χ2n) is 2.54. The molecule has 0 amide bonds. The van der Waals surface area contributed by atoms with Crippen LogP contribution in [0.25, 0.3) is 0 Å². The highest BCUT2D eigenvalue weighted by Gasteiger charge is 2.15. The van der Waals surface area contributed by atoms with Crippen LogP contribution in [-0.2, 0) is 0 Å². The van der Waals surface area contributed by atoms with Crippen molar-refractivity contribution in [1.29, 1.82) is 0 Å². The Bertz CT molecular complexity index is 81.7. The second kappa shape index (κ2) is 5.10. The molecule has 1 unspecified atom stereocenters. The van der Waals surface area contributed by atoms with Gasteiger partial charge in [-0.05, 0) is 18.3 Å². The summed E-state index contributed by atoms with van der Waals surface area (Å²) in [6.45, 7) is 11.4. The summed E-state index contributed by atoms with van der Waals surface area (Å²) in [6, 6.07) is 0. The highest BCUT2D eigenvalue weighted by Crippen LogP contribution is 2.07. The molecule has 1 nitrogen and oxygen atoms in total. The first-order valence-corrected chi connectivity index (χ1v) is 6.53. The van der Waals surface area contributed by atoms with Gasteiger partial charge in [-0.2, -0.15) is 0 Å². The Morgan fingerprint density at radius 1 is 1.40 bits per heavy atom. The lowest BCUT2D eigenvalue weighted by Gasteiger charge is -2.27. The monoisotopic (exact) mass is 171 g/mol. The zero-order valence-electron chi connectivity index (χ0n) is 7.44. The molecule has 0 aliphatic carbocycles. The van der Waals surface area contributed by atoms with Crippen LogP contribution in [0.2, 0.25) is 11.7 Å². The number of rotatable bonds is 4. The molecule has 0 saturated heterocycles. The van der Waals surface area contributed by atoms with Gasteiger partial charge in [-0.1, -0.05) is 27.3 Å². The third kappa shape index (κ3) is 2.99. The van der Waals surface area contributed by atoms with E-state index < -0.39 is 0 Å². The molecular formula is C7H17NSi2. The molecule has 0 heterocycles. The van der Waals surface area contributed by atoms with E-state index in [4.69, 9.17) is 0 Å². The van der Waals surface area contributed by atoms with Crippen LogP contribution >= 0.6 is 0 Å². The Morgan fingerprint density at radius 3 is 1.90 bits per heavy atom. The minimum Gasteiger partial charge on any atom is -0.325 e. The molecule has 0 saturated carbocycles. The van der Waals surface area contributed by atoms with Gasteiger partial charge in [0.05, 0.1) is 0 Å². The first-order chi connectivity index (χ1) is 4.63. The molecule has 0 aliphatic heterocycles. The molecule has 0 spiro atoms. The summed E-state index contributed by atoms with van der Waals surface area (Å²) in [5.74, 6) is 0. The minimum absolute atomic E-state index is 0.300. The van der Waals surface area contributed by atoms with E-state index in [9.17, 15) is 0 Å². The molecule has 58 valence electrons. The molecular weight excluding hydrogens is 154 g/mol. The molecule has 0 aromatic rings. The summed E-state index contributed by atoms with van der Waals surface area (Å²) in [4.78, 5) is 0. The topological polar surface area (TPSA) is 3.24 Å². The Labute approximate surface area is 69.9 Å². The zero-order valence-corrected chi connectivity index (χ0v) is 9.44. The predicted octanol–water partition coefficient (Wildman–Crippen LogP) is 1.47. The van der Waals surface area contributed by atoms with Crippen molar-refractivity contribution >= 4 is 19.2 Å². The first kappa shape index (κ1) is 10.4. The van der Waals surface area contributed by atoms with Gasteiger partial charge in [0.15, 0.2) is 0 Å². The van der Waals surface area contributed by atoms with Crippen LogP contribution in [0.4, 0.5) is 0 Å². The van der Waals surface area contributed by atoms with E-state index in [-0.39, 0.29) is 8.96 Å². The maximum atomic E-state index is 3.67. The van der Waals surface area contributed by atoms with Gasteiger partial charge in [-0.3, -0.25) is 0 Å². The fourth-order valence-electron chi connectivity index (χ4n) is 0.996. The zero-order chi connectivity index (χ0) is 8.15. The van der Waals surface area contributed by atoms with Gasteiger partial charge in [-0.15, -0.1) is 0 Å². The van der Waals surface area contributed by atoms with Crippen molar-refractivity contribution in [2.75, 3.05) is 13.1 Å². The van der Waals surface area contributed by atoms with E-state index in [0.717, 1.165) is 0 Å². The second-order valence-corrected chi connectivity index (χ2v) is 6.76. The number of nitrogens with zero attached hydrogens (tertiary/aromatic N) is 1. The SMILES string of the molecule is CCN(CC)[Si](C)C(C)[Si]. The average molecular weight is 171 g/mol. The number of hydrogen-bond acceptors (Lipinski definition) is 1. The van der Waals surface area contributed by atoms with Crippen molar-refractivity contribution in [2.45, 2.75) is 32.5 Å². The Hall–Kier alpha value is 0.394. The van der Waals surface area contributed by atoms with Crippen LogP contribution in [0.3, 0.4) is 0 Å². The third-order valence-corrected chi connectivity index (χ3v) is 6.03. The Balaban J connectivity index is 3.76. The molecule has 0 fully saturated rings. The standard InChI is InChI=1S/C7H17NSi2/c1-5-8(6-2)10(4)7(3)9/h7H,5-6H2,1-4H3. The van der Waals surface area contributed by atoms with Crippen molar-refractivity contribution in [3.05, 3.63) is 0 Å². The molecule has 0 N–H and O–H groups in total. The highest BCUT2D eigenvalue weighted by molar-refractivity contribution is 6.64. The summed E-state index contributed by atoms with van der Waals surface area (Å²) in [6.07, 6.45) is 0. The summed E-state index contributed by atoms with van der Waals surface area (Å²) in [7, 11) is 3.37. The van der Waals surface area contributed by atoms with Gasteiger partial charge in [0.25, 0.3) is 0 Å². The molecule has 1 atom stereocenters. The first-order valence-electron chi connectivity index (χ1n) is 3.92. The lowest BCUT2D eigenvalue weighted by atomic mass is 10.7. The fourth-order valence-corrected chi connectivity index (χ4v) is 3.09. The van der Waals surface area contributed by atoms with E-state index in [0.29, 0.717) is 5.16 Å². The molecule has 0 aliphatic rings. The van der Waals surface area contributed by atoms with E-state index in [1.807, 2.05) is 0 Å². The molecule has 10 heavy (non-hydrogen) atoms. The molecule has 4 radical (unpaired) electrons. The van der Waals surface area contributed by atoms with Gasteiger partial charge in [0, 0.05) is 10.2 Å². The molecule has 0 bridgehead atoms. The van der Waals surface area contributed by atoms with Gasteiger partial charge < -0.3 is 4.57 Å². The van der Waals surface area contributed by atoms with Crippen LogP contribution in [0.5, 0.6) is 0 Å². The van der Waals surface area contributed by atoms with Crippen molar-refractivity contribution in [1.82, 2.24) is 4.57 Å². The van der Waals surface area contributed by atoms with Crippen LogP contribution in [-0.4, -0.2) is 36.9 Å². The summed E-state index contributed by atoms with van der Waals surface area (Å²) >= 11 is 0. The van der Waals surface area contributed by atoms with Crippen molar-refractivity contribution in [3.8, 4) is 0 Å². The lowest BCUT2D eigenvalue weighted by molar-refractivity contribution is 0.478. The van der Waals surface area contributed by atoms with Crippen LogP contribution < -0.4 is 0 Å². The molecule has 0 aromatic heterocycles. The van der Waals surface area contributed by atoms with Gasteiger partial charge >= 0.3 is 0 Å². The van der Waals surface area contributed by atoms with Crippen molar-refractivity contribution < 1.29 is 0 Å². The van der Waals surface area contributed by atoms with Crippen molar-refractivity contribution in [3.63, 3.8) is 0 Å². The van der Waals surface area contributed by atoms with Gasteiger partial charge in [0.1, 0.15) is 8.96 Å².